The van der Waals surface area contributed by atoms with Gasteiger partial charge in [0.05, 0.1) is 6.61 Å². The number of hydrogen-bond donors (Lipinski definition) is 2. The van der Waals surface area contributed by atoms with E-state index in [9.17, 15) is 0 Å². The van der Waals surface area contributed by atoms with Crippen molar-refractivity contribution in [2.24, 2.45) is 5.73 Å². The van der Waals surface area contributed by atoms with Crippen LogP contribution in [0.4, 0.5) is 0 Å². The minimum atomic E-state index is -0.00192. The first kappa shape index (κ1) is 9.98. The summed E-state index contributed by atoms with van der Waals surface area (Å²) in [5.41, 5.74) is 7.04. The Morgan fingerprint density at radius 3 is 2.55 bits per heavy atom. The Hall–Kier alpha value is -1.02. The second kappa shape index (κ2) is 5.74. The molecule has 0 spiro atoms. The van der Waals surface area contributed by atoms with Crippen LogP contribution >= 0.6 is 0 Å². The fourth-order valence-corrected chi connectivity index (χ4v) is 0.569. The molecule has 0 aromatic carbocycles. The molecule has 0 saturated heterocycles. The third kappa shape index (κ3) is 4.39. The van der Waals surface area contributed by atoms with Gasteiger partial charge in [-0.25, -0.2) is 0 Å². The van der Waals surface area contributed by atoms with Crippen LogP contribution in [0.5, 0.6) is 0 Å². The van der Waals surface area contributed by atoms with Gasteiger partial charge in [-0.15, -0.1) is 0 Å². The van der Waals surface area contributed by atoms with Crippen molar-refractivity contribution < 1.29 is 5.11 Å². The molecule has 0 aliphatic rings. The maximum absolute atomic E-state index is 8.59. The SMILES string of the molecule is C=C(/C=C\C(=C/N)CC)CO. The van der Waals surface area contributed by atoms with Crippen molar-refractivity contribution in [2.45, 2.75) is 13.3 Å². The Morgan fingerprint density at radius 2 is 2.18 bits per heavy atom. The summed E-state index contributed by atoms with van der Waals surface area (Å²) < 4.78 is 0. The average Bonchev–Trinajstić information content (AvgIpc) is 2.06. The quantitative estimate of drug-likeness (QED) is 0.599. The van der Waals surface area contributed by atoms with Gasteiger partial charge in [-0.2, -0.15) is 0 Å². The van der Waals surface area contributed by atoms with E-state index in [0.29, 0.717) is 5.57 Å². The van der Waals surface area contributed by atoms with E-state index in [0.717, 1.165) is 12.0 Å². The topological polar surface area (TPSA) is 46.2 Å². The molecular weight excluding hydrogens is 138 g/mol. The van der Waals surface area contributed by atoms with Crippen LogP contribution in [0, 0.1) is 0 Å². The molecule has 0 atom stereocenters. The summed E-state index contributed by atoms with van der Waals surface area (Å²) in [6.07, 6.45) is 6.08. The molecule has 2 heteroatoms. The second-order valence-corrected chi connectivity index (χ2v) is 2.24. The predicted octanol–water partition coefficient (Wildman–Crippen LogP) is 1.34. The lowest BCUT2D eigenvalue weighted by Gasteiger charge is -1.94. The molecule has 0 aromatic heterocycles. The van der Waals surface area contributed by atoms with Crippen molar-refractivity contribution in [3.05, 3.63) is 36.1 Å². The highest BCUT2D eigenvalue weighted by Crippen LogP contribution is 2.02. The highest BCUT2D eigenvalue weighted by Gasteiger charge is 1.86. The highest BCUT2D eigenvalue weighted by atomic mass is 16.3. The molecule has 0 fully saturated rings. The second-order valence-electron chi connectivity index (χ2n) is 2.24. The maximum atomic E-state index is 8.59. The van der Waals surface area contributed by atoms with Gasteiger partial charge >= 0.3 is 0 Å². The molecular formula is C9H15NO. The summed E-state index contributed by atoms with van der Waals surface area (Å²) in [7, 11) is 0. The molecule has 0 bridgehead atoms. The van der Waals surface area contributed by atoms with Crippen molar-refractivity contribution in [1.82, 2.24) is 0 Å². The molecule has 0 aliphatic heterocycles. The zero-order valence-electron chi connectivity index (χ0n) is 6.88. The summed E-state index contributed by atoms with van der Waals surface area (Å²) >= 11 is 0. The Labute approximate surface area is 67.7 Å². The van der Waals surface area contributed by atoms with E-state index in [4.69, 9.17) is 10.8 Å². The zero-order valence-corrected chi connectivity index (χ0v) is 6.88. The lowest BCUT2D eigenvalue weighted by atomic mass is 10.2. The first-order chi connectivity index (χ1) is 5.24. The van der Waals surface area contributed by atoms with Gasteiger partial charge in [0.1, 0.15) is 0 Å². The van der Waals surface area contributed by atoms with Crippen LogP contribution in [0.15, 0.2) is 36.1 Å². The van der Waals surface area contributed by atoms with Gasteiger partial charge < -0.3 is 10.8 Å². The minimum absolute atomic E-state index is 0.00192. The van der Waals surface area contributed by atoms with E-state index in [1.54, 1.807) is 12.3 Å². The van der Waals surface area contributed by atoms with Gasteiger partial charge in [-0.3, -0.25) is 0 Å². The van der Waals surface area contributed by atoms with Crippen molar-refractivity contribution in [1.29, 1.82) is 0 Å². The monoisotopic (exact) mass is 153 g/mol. The molecule has 11 heavy (non-hydrogen) atoms. The van der Waals surface area contributed by atoms with Gasteiger partial charge in [0.2, 0.25) is 0 Å². The van der Waals surface area contributed by atoms with Gasteiger partial charge in [0.25, 0.3) is 0 Å². The molecule has 62 valence electrons. The van der Waals surface area contributed by atoms with E-state index in [2.05, 4.69) is 6.58 Å². The van der Waals surface area contributed by atoms with Crippen LogP contribution in [0.25, 0.3) is 0 Å². The highest BCUT2D eigenvalue weighted by molar-refractivity contribution is 5.25. The normalized spacial score (nSPS) is 12.4. The smallest absolute Gasteiger partial charge is 0.0676 e. The van der Waals surface area contributed by atoms with Crippen LogP contribution in [0.2, 0.25) is 0 Å². The number of rotatable bonds is 4. The Bertz CT molecular complexity index is 180. The number of nitrogens with two attached hydrogens (primary N) is 1. The maximum Gasteiger partial charge on any atom is 0.0676 e. The fraction of sp³-hybridized carbons (Fsp3) is 0.333. The number of hydrogen-bond acceptors (Lipinski definition) is 2. The van der Waals surface area contributed by atoms with Gasteiger partial charge in [0.15, 0.2) is 0 Å². The molecule has 2 nitrogen and oxygen atoms in total. The Kier molecular flexibility index (Phi) is 5.21. The summed E-state index contributed by atoms with van der Waals surface area (Å²) in [6.45, 7) is 5.63. The van der Waals surface area contributed by atoms with Crippen LogP contribution in [0.1, 0.15) is 13.3 Å². The van der Waals surface area contributed by atoms with Crippen molar-refractivity contribution in [3.63, 3.8) is 0 Å². The van der Waals surface area contributed by atoms with Crippen LogP contribution in [0.3, 0.4) is 0 Å². The molecule has 0 aromatic rings. The van der Waals surface area contributed by atoms with Gasteiger partial charge in [0, 0.05) is 0 Å². The number of aliphatic hydroxyl groups is 1. The first-order valence-corrected chi connectivity index (χ1v) is 3.62. The number of allylic oxidation sites excluding steroid dienone is 2. The molecule has 0 radical (unpaired) electrons. The van der Waals surface area contributed by atoms with Gasteiger partial charge in [-0.1, -0.05) is 25.7 Å². The average molecular weight is 153 g/mol. The molecule has 0 rings (SSSR count). The van der Waals surface area contributed by atoms with Crippen molar-refractivity contribution in [2.75, 3.05) is 6.61 Å². The Balaban J connectivity index is 4.00. The van der Waals surface area contributed by atoms with E-state index in [1.807, 2.05) is 13.0 Å². The van der Waals surface area contributed by atoms with E-state index < -0.39 is 0 Å². The van der Waals surface area contributed by atoms with Crippen molar-refractivity contribution >= 4 is 0 Å². The van der Waals surface area contributed by atoms with E-state index in [1.165, 1.54) is 0 Å². The molecule has 0 heterocycles. The molecule has 0 aliphatic carbocycles. The van der Waals surface area contributed by atoms with Crippen molar-refractivity contribution in [3.8, 4) is 0 Å². The lowest BCUT2D eigenvalue weighted by Crippen LogP contribution is -1.86. The molecule has 0 saturated carbocycles. The van der Waals surface area contributed by atoms with Crippen LogP contribution in [-0.2, 0) is 0 Å². The zero-order chi connectivity index (χ0) is 8.69. The molecule has 3 N–H and O–H groups in total. The summed E-state index contributed by atoms with van der Waals surface area (Å²) in [5, 5.41) is 8.59. The fourth-order valence-electron chi connectivity index (χ4n) is 0.569. The Morgan fingerprint density at radius 1 is 1.55 bits per heavy atom. The van der Waals surface area contributed by atoms with E-state index in [-0.39, 0.29) is 6.61 Å². The third-order valence-electron chi connectivity index (χ3n) is 1.36. The predicted molar refractivity (Wildman–Crippen MR) is 47.9 cm³/mol. The largest absolute Gasteiger partial charge is 0.404 e. The third-order valence-corrected chi connectivity index (χ3v) is 1.36. The van der Waals surface area contributed by atoms with Crippen LogP contribution in [-0.4, -0.2) is 11.7 Å². The summed E-state index contributed by atoms with van der Waals surface area (Å²) in [4.78, 5) is 0. The van der Waals surface area contributed by atoms with E-state index >= 15 is 0 Å². The standard InChI is InChI=1S/C9H15NO/c1-3-9(6-10)5-4-8(2)7-11/h4-6,11H,2-3,7,10H2,1H3/b5-4-,9-6-. The number of aliphatic hydroxyl groups excluding tert-OH is 1. The minimum Gasteiger partial charge on any atom is -0.404 e. The van der Waals surface area contributed by atoms with Gasteiger partial charge in [-0.05, 0) is 23.8 Å². The molecule has 0 unspecified atom stereocenters. The lowest BCUT2D eigenvalue weighted by molar-refractivity contribution is 0.335. The van der Waals surface area contributed by atoms with Crippen LogP contribution < -0.4 is 5.73 Å². The first-order valence-electron chi connectivity index (χ1n) is 3.62. The summed E-state index contributed by atoms with van der Waals surface area (Å²) in [5.74, 6) is 0. The summed E-state index contributed by atoms with van der Waals surface area (Å²) in [6, 6.07) is 0. The molecule has 0 amide bonds.